The van der Waals surface area contributed by atoms with Crippen molar-refractivity contribution in [1.29, 1.82) is 0 Å². The zero-order valence-electron chi connectivity index (χ0n) is 17.7. The van der Waals surface area contributed by atoms with E-state index in [-0.39, 0.29) is 11.4 Å². The van der Waals surface area contributed by atoms with Gasteiger partial charge >= 0.3 is 0 Å². The maximum atomic E-state index is 6.37. The van der Waals surface area contributed by atoms with E-state index in [0.717, 1.165) is 32.7 Å². The molecule has 0 saturated carbocycles. The summed E-state index contributed by atoms with van der Waals surface area (Å²) >= 11 is 1.97. The first-order valence-electron chi connectivity index (χ1n) is 11.0. The maximum absolute atomic E-state index is 6.37. The minimum absolute atomic E-state index is 0.171. The number of morpholine rings is 1. The second-order valence-corrected chi connectivity index (χ2v) is 9.12. The molecule has 1 saturated heterocycles. The lowest BCUT2D eigenvalue weighted by molar-refractivity contribution is -0.0319. The highest BCUT2D eigenvalue weighted by molar-refractivity contribution is 7.99. The molecule has 2 atom stereocenters. The topological polar surface area (TPSA) is 12.5 Å². The van der Waals surface area contributed by atoms with Crippen LogP contribution in [0.15, 0.2) is 89.8 Å². The Morgan fingerprint density at radius 1 is 0.933 bits per heavy atom. The van der Waals surface area contributed by atoms with Crippen LogP contribution >= 0.6 is 11.8 Å². The molecule has 0 amide bonds. The average Bonchev–Trinajstić information content (AvgIpc) is 2.80. The van der Waals surface area contributed by atoms with Gasteiger partial charge in [0.15, 0.2) is 0 Å². The summed E-state index contributed by atoms with van der Waals surface area (Å²) < 4.78 is 6.37. The van der Waals surface area contributed by atoms with Crippen LogP contribution in [0.2, 0.25) is 0 Å². The van der Waals surface area contributed by atoms with Gasteiger partial charge in [0, 0.05) is 24.5 Å². The normalized spacial score (nSPS) is 18.2. The number of hydrogen-bond donors (Lipinski definition) is 0. The highest BCUT2D eigenvalue weighted by atomic mass is 32.2. The summed E-state index contributed by atoms with van der Waals surface area (Å²) in [6, 6.07) is 30.5. The fourth-order valence-corrected chi connectivity index (χ4v) is 5.49. The SMILES string of the molecule is CCCc1ccccc1SC(c1ccccc1)[C@@H]1CN(Cc2ccccc2)CCO1. The van der Waals surface area contributed by atoms with Crippen molar-refractivity contribution in [1.82, 2.24) is 4.90 Å². The standard InChI is InChI=1S/C27H31NOS/c1-2-11-23-14-9-10-17-26(23)30-27(24-15-7-4-8-16-24)25-21-28(18-19-29-25)20-22-12-5-3-6-13-22/h3-10,12-17,25,27H,2,11,18-21H2,1H3/t25-,27?/m0/s1. The van der Waals surface area contributed by atoms with Gasteiger partial charge in [-0.2, -0.15) is 0 Å². The molecule has 0 bridgehead atoms. The van der Waals surface area contributed by atoms with Crippen LogP contribution in [0, 0.1) is 0 Å². The maximum Gasteiger partial charge on any atom is 0.0865 e. The summed E-state index contributed by atoms with van der Waals surface area (Å²) in [5.41, 5.74) is 4.17. The molecule has 1 aliphatic rings. The first kappa shape index (κ1) is 21.2. The quantitative estimate of drug-likeness (QED) is 0.395. The van der Waals surface area contributed by atoms with Crippen LogP contribution in [0.1, 0.15) is 35.3 Å². The van der Waals surface area contributed by atoms with Crippen LogP contribution in [-0.4, -0.2) is 30.7 Å². The van der Waals surface area contributed by atoms with Gasteiger partial charge < -0.3 is 4.74 Å². The van der Waals surface area contributed by atoms with E-state index in [1.165, 1.54) is 28.0 Å². The van der Waals surface area contributed by atoms with Gasteiger partial charge in [-0.3, -0.25) is 4.90 Å². The Morgan fingerprint density at radius 2 is 1.63 bits per heavy atom. The molecule has 1 fully saturated rings. The van der Waals surface area contributed by atoms with Crippen LogP contribution in [0.4, 0.5) is 0 Å². The molecule has 30 heavy (non-hydrogen) atoms. The predicted molar refractivity (Wildman–Crippen MR) is 127 cm³/mol. The predicted octanol–water partition coefficient (Wildman–Crippen LogP) is 6.37. The summed E-state index contributed by atoms with van der Waals surface area (Å²) in [7, 11) is 0. The Balaban J connectivity index is 1.55. The van der Waals surface area contributed by atoms with Gasteiger partial charge in [0.1, 0.15) is 0 Å². The minimum atomic E-state index is 0.171. The fraction of sp³-hybridized carbons (Fsp3) is 0.333. The molecule has 156 valence electrons. The van der Waals surface area contributed by atoms with E-state index in [1.54, 1.807) is 0 Å². The third-order valence-electron chi connectivity index (χ3n) is 5.64. The molecule has 1 aliphatic heterocycles. The van der Waals surface area contributed by atoms with Crippen molar-refractivity contribution in [3.8, 4) is 0 Å². The van der Waals surface area contributed by atoms with Crippen molar-refractivity contribution < 1.29 is 4.74 Å². The highest BCUT2D eigenvalue weighted by Gasteiger charge is 2.30. The molecule has 1 heterocycles. The summed E-state index contributed by atoms with van der Waals surface area (Å²) in [4.78, 5) is 3.93. The molecule has 1 unspecified atom stereocenters. The lowest BCUT2D eigenvalue weighted by Crippen LogP contribution is -2.44. The molecular formula is C27H31NOS. The number of benzene rings is 3. The second kappa shape index (κ2) is 10.8. The summed E-state index contributed by atoms with van der Waals surface area (Å²) in [5.74, 6) is 0. The highest BCUT2D eigenvalue weighted by Crippen LogP contribution is 2.41. The van der Waals surface area contributed by atoms with E-state index in [4.69, 9.17) is 4.74 Å². The summed E-state index contributed by atoms with van der Waals surface area (Å²) in [6.45, 7) is 5.97. The van der Waals surface area contributed by atoms with Crippen molar-refractivity contribution in [3.05, 3.63) is 102 Å². The largest absolute Gasteiger partial charge is 0.374 e. The van der Waals surface area contributed by atoms with E-state index in [2.05, 4.69) is 96.8 Å². The van der Waals surface area contributed by atoms with E-state index >= 15 is 0 Å². The van der Waals surface area contributed by atoms with E-state index in [9.17, 15) is 0 Å². The molecule has 0 aliphatic carbocycles. The van der Waals surface area contributed by atoms with Gasteiger partial charge in [0.2, 0.25) is 0 Å². The van der Waals surface area contributed by atoms with Gasteiger partial charge in [0.05, 0.1) is 18.0 Å². The van der Waals surface area contributed by atoms with Crippen LogP contribution in [0.5, 0.6) is 0 Å². The minimum Gasteiger partial charge on any atom is -0.374 e. The Kier molecular flexibility index (Phi) is 7.63. The lowest BCUT2D eigenvalue weighted by atomic mass is 10.1. The zero-order valence-corrected chi connectivity index (χ0v) is 18.6. The lowest BCUT2D eigenvalue weighted by Gasteiger charge is -2.37. The van der Waals surface area contributed by atoms with Gasteiger partial charge in [-0.15, -0.1) is 11.8 Å². The molecule has 2 nitrogen and oxygen atoms in total. The monoisotopic (exact) mass is 417 g/mol. The van der Waals surface area contributed by atoms with E-state index in [0.29, 0.717) is 0 Å². The third kappa shape index (κ3) is 5.54. The van der Waals surface area contributed by atoms with Gasteiger partial charge in [-0.05, 0) is 29.2 Å². The molecule has 3 aromatic carbocycles. The fourth-order valence-electron chi connectivity index (χ4n) is 4.13. The number of ether oxygens (including phenoxy) is 1. The Morgan fingerprint density at radius 3 is 2.40 bits per heavy atom. The van der Waals surface area contributed by atoms with Crippen LogP contribution in [0.3, 0.4) is 0 Å². The van der Waals surface area contributed by atoms with E-state index < -0.39 is 0 Å². The smallest absolute Gasteiger partial charge is 0.0865 e. The van der Waals surface area contributed by atoms with Gasteiger partial charge in [-0.25, -0.2) is 0 Å². The summed E-state index contributed by atoms with van der Waals surface area (Å²) in [6.07, 6.45) is 2.46. The van der Waals surface area contributed by atoms with E-state index in [1.807, 2.05) is 11.8 Å². The van der Waals surface area contributed by atoms with Gasteiger partial charge in [-0.1, -0.05) is 92.2 Å². The van der Waals surface area contributed by atoms with Crippen LogP contribution < -0.4 is 0 Å². The molecular weight excluding hydrogens is 386 g/mol. The molecule has 3 heteroatoms. The molecule has 0 N–H and O–H groups in total. The van der Waals surface area contributed by atoms with Crippen LogP contribution in [-0.2, 0) is 17.7 Å². The number of hydrogen-bond acceptors (Lipinski definition) is 3. The Labute approximate surface area is 185 Å². The number of thioether (sulfide) groups is 1. The molecule has 4 rings (SSSR count). The van der Waals surface area contributed by atoms with Crippen molar-refractivity contribution in [2.75, 3.05) is 19.7 Å². The first-order chi connectivity index (χ1) is 14.8. The number of nitrogens with zero attached hydrogens (tertiary/aromatic N) is 1. The van der Waals surface area contributed by atoms with Crippen molar-refractivity contribution >= 4 is 11.8 Å². The second-order valence-electron chi connectivity index (χ2n) is 7.94. The number of aryl methyl sites for hydroxylation is 1. The Bertz CT molecular complexity index is 899. The first-order valence-corrected chi connectivity index (χ1v) is 11.9. The van der Waals surface area contributed by atoms with Crippen molar-refractivity contribution in [2.24, 2.45) is 0 Å². The molecule has 0 spiro atoms. The Hall–Kier alpha value is -2.07. The van der Waals surface area contributed by atoms with Gasteiger partial charge in [0.25, 0.3) is 0 Å². The average molecular weight is 418 g/mol. The zero-order chi connectivity index (χ0) is 20.6. The molecule has 0 aromatic heterocycles. The van der Waals surface area contributed by atoms with Crippen molar-refractivity contribution in [2.45, 2.75) is 42.6 Å². The van der Waals surface area contributed by atoms with Crippen molar-refractivity contribution in [3.63, 3.8) is 0 Å². The summed E-state index contributed by atoms with van der Waals surface area (Å²) in [5, 5.41) is 0.280. The third-order valence-corrected chi connectivity index (χ3v) is 7.12. The van der Waals surface area contributed by atoms with Crippen LogP contribution in [0.25, 0.3) is 0 Å². The molecule has 3 aromatic rings. The number of rotatable bonds is 8. The molecule has 0 radical (unpaired) electrons.